The molecule has 1 N–H and O–H groups in total. The van der Waals surface area contributed by atoms with E-state index in [0.29, 0.717) is 39.1 Å². The Morgan fingerprint density at radius 2 is 2.00 bits per heavy atom. The SMILES string of the molecule is COc1ccc(N=Cc2ccc(-c3ccc(C)c(C(=O)O)c3)o2)cc1Cl. The van der Waals surface area contributed by atoms with E-state index < -0.39 is 5.97 Å². The summed E-state index contributed by atoms with van der Waals surface area (Å²) in [5.41, 5.74) is 2.31. The van der Waals surface area contributed by atoms with Crippen LogP contribution in [0.1, 0.15) is 21.7 Å². The van der Waals surface area contributed by atoms with Gasteiger partial charge in [0.05, 0.1) is 29.6 Å². The molecule has 0 radical (unpaired) electrons. The van der Waals surface area contributed by atoms with Crippen LogP contribution in [-0.4, -0.2) is 24.4 Å². The fourth-order valence-electron chi connectivity index (χ4n) is 2.46. The molecule has 0 saturated heterocycles. The molecule has 0 aliphatic rings. The maximum Gasteiger partial charge on any atom is 0.335 e. The Labute approximate surface area is 155 Å². The number of carboxylic acids is 1. The van der Waals surface area contributed by atoms with E-state index in [9.17, 15) is 9.90 Å². The highest BCUT2D eigenvalue weighted by atomic mass is 35.5. The zero-order chi connectivity index (χ0) is 18.7. The minimum Gasteiger partial charge on any atom is -0.495 e. The number of ether oxygens (including phenoxy) is 1. The van der Waals surface area contributed by atoms with Crippen molar-refractivity contribution in [2.75, 3.05) is 7.11 Å². The van der Waals surface area contributed by atoms with Crippen molar-refractivity contribution >= 4 is 29.5 Å². The Kier molecular flexibility index (Phi) is 5.09. The van der Waals surface area contributed by atoms with Crippen molar-refractivity contribution in [1.82, 2.24) is 0 Å². The van der Waals surface area contributed by atoms with Gasteiger partial charge in [-0.05, 0) is 48.9 Å². The summed E-state index contributed by atoms with van der Waals surface area (Å²) >= 11 is 6.08. The number of rotatable bonds is 5. The molecule has 3 aromatic rings. The lowest BCUT2D eigenvalue weighted by Crippen LogP contribution is -1.99. The van der Waals surface area contributed by atoms with E-state index in [-0.39, 0.29) is 5.56 Å². The summed E-state index contributed by atoms with van der Waals surface area (Å²) in [7, 11) is 1.55. The molecule has 6 heteroatoms. The first-order valence-corrected chi connectivity index (χ1v) is 8.17. The van der Waals surface area contributed by atoms with E-state index in [1.165, 1.54) is 0 Å². The van der Waals surface area contributed by atoms with Crippen LogP contribution in [0.4, 0.5) is 5.69 Å². The molecule has 1 heterocycles. The predicted molar refractivity (Wildman–Crippen MR) is 101 cm³/mol. The molecule has 0 aliphatic carbocycles. The number of carbonyl (C=O) groups is 1. The molecule has 5 nitrogen and oxygen atoms in total. The van der Waals surface area contributed by atoms with Crippen molar-refractivity contribution in [2.24, 2.45) is 4.99 Å². The molecule has 26 heavy (non-hydrogen) atoms. The predicted octanol–water partition coefficient (Wildman–Crippen LogP) is 5.37. The fourth-order valence-corrected chi connectivity index (χ4v) is 2.71. The average Bonchev–Trinajstić information content (AvgIpc) is 3.09. The molecule has 0 unspecified atom stereocenters. The first kappa shape index (κ1) is 17.8. The second-order valence-corrected chi connectivity index (χ2v) is 6.02. The number of aryl methyl sites for hydroxylation is 1. The number of nitrogens with zero attached hydrogens (tertiary/aromatic N) is 1. The van der Waals surface area contributed by atoms with Crippen LogP contribution in [0.15, 0.2) is 57.9 Å². The van der Waals surface area contributed by atoms with Gasteiger partial charge in [0.25, 0.3) is 0 Å². The average molecular weight is 370 g/mol. The summed E-state index contributed by atoms with van der Waals surface area (Å²) in [5.74, 6) is 0.736. The number of benzene rings is 2. The molecule has 2 aromatic carbocycles. The van der Waals surface area contributed by atoms with Crippen LogP contribution in [0.2, 0.25) is 5.02 Å². The summed E-state index contributed by atoms with van der Waals surface area (Å²) in [6.45, 7) is 1.76. The number of aromatic carboxylic acids is 1. The van der Waals surface area contributed by atoms with Gasteiger partial charge in [0, 0.05) is 5.56 Å². The van der Waals surface area contributed by atoms with Gasteiger partial charge < -0.3 is 14.3 Å². The summed E-state index contributed by atoms with van der Waals surface area (Å²) < 4.78 is 10.8. The fraction of sp³-hybridized carbons (Fsp3) is 0.100. The molecule has 132 valence electrons. The molecule has 0 saturated carbocycles. The van der Waals surface area contributed by atoms with Gasteiger partial charge in [0.15, 0.2) is 0 Å². The Bertz CT molecular complexity index is 991. The topological polar surface area (TPSA) is 72.0 Å². The highest BCUT2D eigenvalue weighted by Crippen LogP contribution is 2.29. The van der Waals surface area contributed by atoms with Crippen LogP contribution in [0.3, 0.4) is 0 Å². The molecule has 0 spiro atoms. The second-order valence-electron chi connectivity index (χ2n) is 5.61. The number of methoxy groups -OCH3 is 1. The molecule has 0 aliphatic heterocycles. The van der Waals surface area contributed by atoms with Gasteiger partial charge in [-0.1, -0.05) is 23.7 Å². The number of aliphatic imine (C=N–C) groups is 1. The first-order valence-electron chi connectivity index (χ1n) is 7.79. The van der Waals surface area contributed by atoms with E-state index in [4.69, 9.17) is 20.8 Å². The highest BCUT2D eigenvalue weighted by Gasteiger charge is 2.11. The number of carboxylic acid groups (broad SMARTS) is 1. The molecule has 0 fully saturated rings. The maximum absolute atomic E-state index is 11.3. The summed E-state index contributed by atoms with van der Waals surface area (Å²) in [6.07, 6.45) is 1.58. The zero-order valence-electron chi connectivity index (χ0n) is 14.2. The van der Waals surface area contributed by atoms with Crippen LogP contribution < -0.4 is 4.74 Å². The Morgan fingerprint density at radius 1 is 1.19 bits per heavy atom. The summed E-state index contributed by atoms with van der Waals surface area (Å²) in [5, 5.41) is 9.72. The lowest BCUT2D eigenvalue weighted by molar-refractivity contribution is 0.0696. The minimum absolute atomic E-state index is 0.252. The molecule has 0 bridgehead atoms. The largest absolute Gasteiger partial charge is 0.495 e. The number of halogens is 1. The van der Waals surface area contributed by atoms with Gasteiger partial charge in [-0.25, -0.2) is 4.79 Å². The zero-order valence-corrected chi connectivity index (χ0v) is 14.9. The van der Waals surface area contributed by atoms with Crippen LogP contribution in [0.25, 0.3) is 11.3 Å². The van der Waals surface area contributed by atoms with E-state index >= 15 is 0 Å². The van der Waals surface area contributed by atoms with Crippen molar-refractivity contribution < 1.29 is 19.1 Å². The van der Waals surface area contributed by atoms with Crippen LogP contribution >= 0.6 is 11.6 Å². The smallest absolute Gasteiger partial charge is 0.335 e. The Morgan fingerprint density at radius 3 is 2.69 bits per heavy atom. The molecule has 1 aromatic heterocycles. The third-order valence-corrected chi connectivity index (χ3v) is 4.15. The number of hydrogen-bond acceptors (Lipinski definition) is 4. The van der Waals surface area contributed by atoms with E-state index in [1.807, 2.05) is 6.07 Å². The third kappa shape index (κ3) is 3.78. The third-order valence-electron chi connectivity index (χ3n) is 3.86. The molecule has 0 atom stereocenters. The molecular weight excluding hydrogens is 354 g/mol. The van der Waals surface area contributed by atoms with Gasteiger partial charge in [-0.2, -0.15) is 0 Å². The standard InChI is InChI=1S/C20H16ClNO4/c1-12-3-4-13(9-16(12)20(23)24)18-8-6-15(26-18)11-22-14-5-7-19(25-2)17(21)10-14/h3-11H,1-2H3,(H,23,24). The molecule has 0 amide bonds. The van der Waals surface area contributed by atoms with E-state index in [1.54, 1.807) is 62.7 Å². The van der Waals surface area contributed by atoms with Gasteiger partial charge in [0.1, 0.15) is 17.3 Å². The lowest BCUT2D eigenvalue weighted by Gasteiger charge is -2.03. The van der Waals surface area contributed by atoms with Crippen LogP contribution in [-0.2, 0) is 0 Å². The molecular formula is C20H16ClNO4. The summed E-state index contributed by atoms with van der Waals surface area (Å²) in [6, 6.07) is 13.9. The quantitative estimate of drug-likeness (QED) is 0.614. The van der Waals surface area contributed by atoms with Crippen molar-refractivity contribution in [1.29, 1.82) is 0 Å². The molecule has 3 rings (SSSR count). The normalized spacial score (nSPS) is 11.0. The highest BCUT2D eigenvalue weighted by molar-refractivity contribution is 6.32. The first-order chi connectivity index (χ1) is 12.5. The van der Waals surface area contributed by atoms with Crippen LogP contribution in [0.5, 0.6) is 5.75 Å². The van der Waals surface area contributed by atoms with Crippen LogP contribution in [0, 0.1) is 6.92 Å². The number of furan rings is 1. The summed E-state index contributed by atoms with van der Waals surface area (Å²) in [4.78, 5) is 15.6. The Hall–Kier alpha value is -3.05. The number of hydrogen-bond donors (Lipinski definition) is 1. The monoisotopic (exact) mass is 369 g/mol. The van der Waals surface area contributed by atoms with Gasteiger partial charge in [-0.15, -0.1) is 0 Å². The van der Waals surface area contributed by atoms with Gasteiger partial charge >= 0.3 is 5.97 Å². The Balaban J connectivity index is 1.83. The van der Waals surface area contributed by atoms with E-state index in [0.717, 1.165) is 0 Å². The van der Waals surface area contributed by atoms with Crippen molar-refractivity contribution in [3.63, 3.8) is 0 Å². The van der Waals surface area contributed by atoms with Crippen molar-refractivity contribution in [2.45, 2.75) is 6.92 Å². The van der Waals surface area contributed by atoms with Crippen molar-refractivity contribution in [3.05, 3.63) is 70.4 Å². The van der Waals surface area contributed by atoms with Crippen molar-refractivity contribution in [3.8, 4) is 17.1 Å². The minimum atomic E-state index is -0.964. The van der Waals surface area contributed by atoms with E-state index in [2.05, 4.69) is 4.99 Å². The van der Waals surface area contributed by atoms with Gasteiger partial charge in [0.2, 0.25) is 0 Å². The maximum atomic E-state index is 11.3. The second kappa shape index (κ2) is 7.45. The van der Waals surface area contributed by atoms with Gasteiger partial charge in [-0.3, -0.25) is 4.99 Å². The lowest BCUT2D eigenvalue weighted by atomic mass is 10.0.